The van der Waals surface area contributed by atoms with Crippen LogP contribution in [0.2, 0.25) is 0 Å². The summed E-state index contributed by atoms with van der Waals surface area (Å²) in [5.74, 6) is 1.13. The zero-order valence-electron chi connectivity index (χ0n) is 18.1. The van der Waals surface area contributed by atoms with Crippen molar-refractivity contribution in [3.05, 3.63) is 29.8 Å². The maximum atomic E-state index is 12.7. The normalized spacial score (nSPS) is 20.3. The van der Waals surface area contributed by atoms with Crippen LogP contribution in [0.5, 0.6) is 5.88 Å². The number of nitrogens with zero attached hydrogens (tertiary/aromatic N) is 5. The summed E-state index contributed by atoms with van der Waals surface area (Å²) in [6, 6.07) is 5.05. The largest absolute Gasteiger partial charge is 0.481 e. The van der Waals surface area contributed by atoms with Crippen molar-refractivity contribution < 1.29 is 22.7 Å². The highest BCUT2D eigenvalue weighted by Crippen LogP contribution is 2.26. The molecule has 0 spiro atoms. The van der Waals surface area contributed by atoms with Crippen LogP contribution in [0.1, 0.15) is 19.3 Å². The molecule has 2 fully saturated rings. The molecule has 0 unspecified atom stereocenters. The first-order valence-corrected chi connectivity index (χ1v) is 12.8. The van der Waals surface area contributed by atoms with Crippen molar-refractivity contribution >= 4 is 33.4 Å². The minimum atomic E-state index is -3.52. The summed E-state index contributed by atoms with van der Waals surface area (Å²) < 4.78 is 37.8. The fraction of sp³-hybridized carbons (Fsp3) is 0.550. The molecule has 2 saturated heterocycles. The lowest BCUT2D eigenvalue weighted by molar-refractivity contribution is 0.0607. The molecule has 0 saturated carbocycles. The molecule has 10 nitrogen and oxygen atoms in total. The molecule has 12 heteroatoms. The van der Waals surface area contributed by atoms with Gasteiger partial charge in [-0.05, 0) is 30.7 Å². The number of piperidine rings is 1. The van der Waals surface area contributed by atoms with Crippen molar-refractivity contribution in [2.75, 3.05) is 45.2 Å². The van der Waals surface area contributed by atoms with Gasteiger partial charge in [0.15, 0.2) is 0 Å². The molecule has 0 aliphatic carbocycles. The number of carbonyl (C=O) groups excluding carboxylic acids is 1. The summed E-state index contributed by atoms with van der Waals surface area (Å²) in [7, 11) is -0.216. The Balaban J connectivity index is 1.27. The summed E-state index contributed by atoms with van der Waals surface area (Å²) in [6.45, 7) is 1.96. The van der Waals surface area contributed by atoms with Crippen molar-refractivity contribution in [3.8, 4) is 5.88 Å². The maximum Gasteiger partial charge on any atom is 0.410 e. The molecule has 1 atom stereocenters. The standard InChI is InChI=1S/C20H27N5O5S2/c1-23(15-6-10-24(11-7-15)19-21-9-5-17(22-19)29-2)20(26)30-16-8-12-25(14-16)32(27,28)18-4-3-13-31-18/h3-5,9,13,15-16H,6-8,10-12,14H2,1-2H3/t16-/m0/s1. The van der Waals surface area contributed by atoms with Gasteiger partial charge in [0.05, 0.1) is 13.7 Å². The number of anilines is 1. The summed E-state index contributed by atoms with van der Waals surface area (Å²) in [4.78, 5) is 25.1. The third kappa shape index (κ3) is 4.81. The Morgan fingerprint density at radius 3 is 2.69 bits per heavy atom. The molecule has 174 valence electrons. The van der Waals surface area contributed by atoms with Crippen LogP contribution in [0.4, 0.5) is 10.7 Å². The Morgan fingerprint density at radius 1 is 1.22 bits per heavy atom. The average molecular weight is 482 g/mol. The zero-order chi connectivity index (χ0) is 22.7. The molecule has 2 aromatic heterocycles. The summed E-state index contributed by atoms with van der Waals surface area (Å²) in [5.41, 5.74) is 0. The Bertz CT molecular complexity index is 1020. The highest BCUT2D eigenvalue weighted by atomic mass is 32.2. The minimum Gasteiger partial charge on any atom is -0.481 e. The highest BCUT2D eigenvalue weighted by molar-refractivity contribution is 7.91. The van der Waals surface area contributed by atoms with Gasteiger partial charge in [-0.1, -0.05) is 6.07 Å². The number of thiophene rings is 1. The van der Waals surface area contributed by atoms with Gasteiger partial charge in [0.25, 0.3) is 10.0 Å². The Hall–Kier alpha value is -2.44. The maximum absolute atomic E-state index is 12.7. The fourth-order valence-electron chi connectivity index (χ4n) is 3.98. The quantitative estimate of drug-likeness (QED) is 0.617. The molecule has 0 bridgehead atoms. The third-order valence-electron chi connectivity index (χ3n) is 5.87. The summed E-state index contributed by atoms with van der Waals surface area (Å²) >= 11 is 1.19. The van der Waals surface area contributed by atoms with E-state index in [1.165, 1.54) is 15.6 Å². The van der Waals surface area contributed by atoms with Crippen LogP contribution in [0.25, 0.3) is 0 Å². The molecular weight excluding hydrogens is 454 g/mol. The number of hydrogen-bond acceptors (Lipinski definition) is 9. The number of rotatable bonds is 6. The fourth-order valence-corrected chi connectivity index (χ4v) is 6.61. The van der Waals surface area contributed by atoms with Crippen LogP contribution in [-0.2, 0) is 14.8 Å². The number of ether oxygens (including phenoxy) is 2. The number of methoxy groups -OCH3 is 1. The van der Waals surface area contributed by atoms with Crippen molar-refractivity contribution in [1.29, 1.82) is 0 Å². The number of carbonyl (C=O) groups is 1. The molecule has 2 aromatic rings. The van der Waals surface area contributed by atoms with Crippen LogP contribution < -0.4 is 9.64 Å². The number of amides is 1. The van der Waals surface area contributed by atoms with Gasteiger partial charge in [-0.2, -0.15) is 9.29 Å². The second kappa shape index (κ2) is 9.59. The molecule has 0 aromatic carbocycles. The van der Waals surface area contributed by atoms with E-state index in [0.29, 0.717) is 42.1 Å². The molecule has 4 rings (SSSR count). The molecule has 1 amide bonds. The van der Waals surface area contributed by atoms with E-state index in [-0.39, 0.29) is 12.6 Å². The molecule has 2 aliphatic rings. The van der Waals surface area contributed by atoms with E-state index >= 15 is 0 Å². The third-order valence-corrected chi connectivity index (χ3v) is 9.11. The predicted octanol–water partition coefficient (Wildman–Crippen LogP) is 2.05. The van der Waals surface area contributed by atoms with Gasteiger partial charge >= 0.3 is 6.09 Å². The Kier molecular flexibility index (Phi) is 6.82. The van der Waals surface area contributed by atoms with E-state index in [4.69, 9.17) is 9.47 Å². The molecular formula is C20H27N5O5S2. The van der Waals surface area contributed by atoms with Gasteiger partial charge in [0.2, 0.25) is 11.8 Å². The SMILES string of the molecule is COc1ccnc(N2CCC(N(C)C(=O)O[C@H]3CCN(S(=O)(=O)c4cccs4)C3)CC2)n1. The van der Waals surface area contributed by atoms with Gasteiger partial charge in [-0.15, -0.1) is 11.3 Å². The first-order valence-electron chi connectivity index (χ1n) is 10.5. The second-order valence-electron chi connectivity index (χ2n) is 7.82. The monoisotopic (exact) mass is 481 g/mol. The van der Waals surface area contributed by atoms with E-state index in [1.807, 2.05) is 0 Å². The first kappa shape index (κ1) is 22.7. The molecule has 32 heavy (non-hydrogen) atoms. The van der Waals surface area contributed by atoms with E-state index in [0.717, 1.165) is 12.8 Å². The van der Waals surface area contributed by atoms with Crippen molar-refractivity contribution in [3.63, 3.8) is 0 Å². The predicted molar refractivity (Wildman–Crippen MR) is 120 cm³/mol. The van der Waals surface area contributed by atoms with Gasteiger partial charge in [0.1, 0.15) is 10.3 Å². The van der Waals surface area contributed by atoms with Gasteiger partial charge in [0, 0.05) is 45.0 Å². The number of hydrogen-bond donors (Lipinski definition) is 0. The van der Waals surface area contributed by atoms with E-state index in [2.05, 4.69) is 14.9 Å². The highest BCUT2D eigenvalue weighted by Gasteiger charge is 2.36. The molecule has 4 heterocycles. The van der Waals surface area contributed by atoms with E-state index in [1.54, 1.807) is 48.8 Å². The van der Waals surface area contributed by atoms with Gasteiger partial charge < -0.3 is 19.3 Å². The smallest absolute Gasteiger partial charge is 0.410 e. The number of aromatic nitrogens is 2. The minimum absolute atomic E-state index is 0.0386. The van der Waals surface area contributed by atoms with Crippen LogP contribution >= 0.6 is 11.3 Å². The molecule has 2 aliphatic heterocycles. The van der Waals surface area contributed by atoms with Crippen LogP contribution in [-0.4, -0.2) is 86.2 Å². The Labute approximate surface area is 191 Å². The average Bonchev–Trinajstić information content (AvgIpc) is 3.52. The van der Waals surface area contributed by atoms with Crippen molar-refractivity contribution in [2.24, 2.45) is 0 Å². The lowest BCUT2D eigenvalue weighted by Crippen LogP contribution is -2.47. The lowest BCUT2D eigenvalue weighted by Gasteiger charge is -2.36. The lowest BCUT2D eigenvalue weighted by atomic mass is 10.0. The molecule has 0 radical (unpaired) electrons. The van der Waals surface area contributed by atoms with Gasteiger partial charge in [-0.3, -0.25) is 0 Å². The van der Waals surface area contributed by atoms with Crippen LogP contribution in [0.3, 0.4) is 0 Å². The van der Waals surface area contributed by atoms with E-state index in [9.17, 15) is 13.2 Å². The van der Waals surface area contributed by atoms with Crippen molar-refractivity contribution in [1.82, 2.24) is 19.2 Å². The first-order chi connectivity index (χ1) is 15.4. The van der Waals surface area contributed by atoms with Crippen LogP contribution in [0.15, 0.2) is 34.0 Å². The molecule has 0 N–H and O–H groups in total. The second-order valence-corrected chi connectivity index (χ2v) is 10.9. The summed E-state index contributed by atoms with van der Waals surface area (Å²) in [6.07, 6.45) is 2.83. The van der Waals surface area contributed by atoms with Crippen molar-refractivity contribution in [2.45, 2.75) is 35.6 Å². The topological polar surface area (TPSA) is 105 Å². The Morgan fingerprint density at radius 2 is 2.00 bits per heavy atom. The van der Waals surface area contributed by atoms with E-state index < -0.39 is 22.2 Å². The summed E-state index contributed by atoms with van der Waals surface area (Å²) in [5, 5.41) is 1.74. The zero-order valence-corrected chi connectivity index (χ0v) is 19.7. The number of sulfonamides is 1. The van der Waals surface area contributed by atoms with Crippen LogP contribution in [0, 0.1) is 0 Å². The van der Waals surface area contributed by atoms with Gasteiger partial charge in [-0.25, -0.2) is 18.2 Å².